The van der Waals surface area contributed by atoms with Gasteiger partial charge < -0.3 is 0 Å². The number of halogens is 3. The van der Waals surface area contributed by atoms with Crippen molar-refractivity contribution in [2.45, 2.75) is 5.92 Å². The molecule has 1 heterocycles. The first-order valence-corrected chi connectivity index (χ1v) is 5.54. The molecule has 1 aromatic carbocycles. The summed E-state index contributed by atoms with van der Waals surface area (Å²) in [4.78, 5) is 15.9. The van der Waals surface area contributed by atoms with Crippen molar-refractivity contribution >= 4 is 5.78 Å². The average Bonchev–Trinajstić information content (AvgIpc) is 2.39. The molecular weight excluding hydrogens is 269 g/mol. The molecule has 2 rings (SSSR count). The minimum atomic E-state index is -1.45. The standard InChI is InChI=1S/C14H7F3N2O/c15-8-5-10(16)13(11(17)6-8)14(20)9(7-18)12-3-1-2-4-19-12/h1-6,9H. The zero-order chi connectivity index (χ0) is 14.7. The van der Waals surface area contributed by atoms with Crippen molar-refractivity contribution in [2.24, 2.45) is 0 Å². The van der Waals surface area contributed by atoms with Crippen LogP contribution in [0.15, 0.2) is 36.5 Å². The molecule has 0 aliphatic carbocycles. The summed E-state index contributed by atoms with van der Waals surface area (Å²) in [7, 11) is 0. The molecule has 0 saturated heterocycles. The van der Waals surface area contributed by atoms with Crippen LogP contribution in [0.25, 0.3) is 0 Å². The van der Waals surface area contributed by atoms with Gasteiger partial charge in [-0.3, -0.25) is 9.78 Å². The number of hydrogen-bond donors (Lipinski definition) is 0. The van der Waals surface area contributed by atoms with Crippen LogP contribution in [-0.2, 0) is 0 Å². The van der Waals surface area contributed by atoms with Gasteiger partial charge in [-0.1, -0.05) is 6.07 Å². The number of nitrogens with zero attached hydrogens (tertiary/aromatic N) is 2. The third kappa shape index (κ3) is 2.52. The fourth-order valence-electron chi connectivity index (χ4n) is 1.73. The number of aromatic nitrogens is 1. The largest absolute Gasteiger partial charge is 0.292 e. The number of pyridine rings is 1. The van der Waals surface area contributed by atoms with Gasteiger partial charge in [-0.25, -0.2) is 13.2 Å². The number of nitriles is 1. The summed E-state index contributed by atoms with van der Waals surface area (Å²) in [6, 6.07) is 6.93. The van der Waals surface area contributed by atoms with E-state index in [0.717, 1.165) is 0 Å². The Labute approximate surface area is 112 Å². The lowest BCUT2D eigenvalue weighted by molar-refractivity contribution is 0.0969. The van der Waals surface area contributed by atoms with E-state index in [1.807, 2.05) is 0 Å². The quantitative estimate of drug-likeness (QED) is 0.810. The highest BCUT2D eigenvalue weighted by atomic mass is 19.1. The Morgan fingerprint density at radius 1 is 1.20 bits per heavy atom. The van der Waals surface area contributed by atoms with E-state index in [4.69, 9.17) is 5.26 Å². The summed E-state index contributed by atoms with van der Waals surface area (Å²) in [6.45, 7) is 0. The highest BCUT2D eigenvalue weighted by molar-refractivity contribution is 6.02. The molecule has 0 spiro atoms. The Bertz CT molecular complexity index is 672. The van der Waals surface area contributed by atoms with Crippen molar-refractivity contribution in [1.82, 2.24) is 4.98 Å². The van der Waals surface area contributed by atoms with Crippen LogP contribution in [-0.4, -0.2) is 10.8 Å². The maximum absolute atomic E-state index is 13.5. The van der Waals surface area contributed by atoms with Crippen LogP contribution in [0.2, 0.25) is 0 Å². The van der Waals surface area contributed by atoms with Crippen molar-refractivity contribution in [3.05, 3.63) is 65.2 Å². The zero-order valence-corrected chi connectivity index (χ0v) is 9.98. The lowest BCUT2D eigenvalue weighted by atomic mass is 9.94. The Morgan fingerprint density at radius 3 is 2.35 bits per heavy atom. The number of Topliss-reactive ketones (excluding diaryl/α,β-unsaturated/α-hetero) is 1. The zero-order valence-electron chi connectivity index (χ0n) is 9.98. The molecule has 100 valence electrons. The molecule has 0 aliphatic heterocycles. The molecule has 0 aliphatic rings. The van der Waals surface area contributed by atoms with Gasteiger partial charge in [-0.05, 0) is 12.1 Å². The van der Waals surface area contributed by atoms with Crippen LogP contribution in [0.5, 0.6) is 0 Å². The van der Waals surface area contributed by atoms with E-state index in [9.17, 15) is 18.0 Å². The Morgan fingerprint density at radius 2 is 1.85 bits per heavy atom. The molecule has 6 heteroatoms. The van der Waals surface area contributed by atoms with Gasteiger partial charge in [0.25, 0.3) is 0 Å². The monoisotopic (exact) mass is 276 g/mol. The maximum Gasteiger partial charge on any atom is 0.191 e. The van der Waals surface area contributed by atoms with Crippen LogP contribution in [0, 0.1) is 28.8 Å². The second-order valence-electron chi connectivity index (χ2n) is 3.93. The van der Waals surface area contributed by atoms with Gasteiger partial charge in [-0.15, -0.1) is 0 Å². The van der Waals surface area contributed by atoms with Crippen molar-refractivity contribution in [3.63, 3.8) is 0 Å². The number of carbonyl (C=O) groups excluding carboxylic acids is 1. The summed E-state index contributed by atoms with van der Waals surface area (Å²) in [5.74, 6) is -6.37. The van der Waals surface area contributed by atoms with E-state index in [2.05, 4.69) is 4.98 Å². The number of ketones is 1. The molecule has 0 bridgehead atoms. The molecule has 20 heavy (non-hydrogen) atoms. The third-order valence-corrected chi connectivity index (χ3v) is 2.63. The minimum Gasteiger partial charge on any atom is -0.292 e. The summed E-state index contributed by atoms with van der Waals surface area (Å²) in [5, 5.41) is 9.02. The van der Waals surface area contributed by atoms with Crippen LogP contribution in [0.4, 0.5) is 13.2 Å². The van der Waals surface area contributed by atoms with Crippen LogP contribution in [0.1, 0.15) is 22.0 Å². The molecule has 1 atom stereocenters. The second kappa shape index (κ2) is 5.53. The summed E-state index contributed by atoms with van der Waals surface area (Å²) in [6.07, 6.45) is 1.35. The summed E-state index contributed by atoms with van der Waals surface area (Å²) in [5.41, 5.74) is -0.869. The molecule has 0 amide bonds. The first kappa shape index (κ1) is 13.7. The fraction of sp³-hybridized carbons (Fsp3) is 0.0714. The topological polar surface area (TPSA) is 53.8 Å². The van der Waals surface area contributed by atoms with E-state index in [1.165, 1.54) is 18.3 Å². The number of hydrogen-bond acceptors (Lipinski definition) is 3. The second-order valence-corrected chi connectivity index (χ2v) is 3.93. The molecule has 2 aromatic rings. The van der Waals surface area contributed by atoms with Crippen molar-refractivity contribution in [1.29, 1.82) is 5.26 Å². The highest BCUT2D eigenvalue weighted by Gasteiger charge is 2.28. The third-order valence-electron chi connectivity index (χ3n) is 2.63. The van der Waals surface area contributed by atoms with E-state index in [0.29, 0.717) is 12.1 Å². The molecule has 0 fully saturated rings. The number of benzene rings is 1. The van der Waals surface area contributed by atoms with Gasteiger partial charge in [0.15, 0.2) is 11.7 Å². The predicted molar refractivity (Wildman–Crippen MR) is 63.2 cm³/mol. The summed E-state index contributed by atoms with van der Waals surface area (Å²) < 4.78 is 39.9. The van der Waals surface area contributed by atoms with Crippen molar-refractivity contribution in [3.8, 4) is 6.07 Å². The van der Waals surface area contributed by atoms with Gasteiger partial charge in [0, 0.05) is 18.3 Å². The van der Waals surface area contributed by atoms with E-state index < -0.39 is 34.7 Å². The molecule has 0 saturated carbocycles. The minimum absolute atomic E-state index is 0.0723. The normalized spacial score (nSPS) is 11.7. The molecule has 0 N–H and O–H groups in total. The van der Waals surface area contributed by atoms with E-state index in [-0.39, 0.29) is 5.69 Å². The Hall–Kier alpha value is -2.68. The van der Waals surface area contributed by atoms with Crippen LogP contribution in [0.3, 0.4) is 0 Å². The van der Waals surface area contributed by atoms with E-state index in [1.54, 1.807) is 12.1 Å². The predicted octanol–water partition coefficient (Wildman–Crippen LogP) is 2.99. The number of rotatable bonds is 3. The Balaban J connectivity index is 2.48. The van der Waals surface area contributed by atoms with E-state index >= 15 is 0 Å². The molecule has 3 nitrogen and oxygen atoms in total. The smallest absolute Gasteiger partial charge is 0.191 e. The average molecular weight is 276 g/mol. The fourth-order valence-corrected chi connectivity index (χ4v) is 1.73. The van der Waals surface area contributed by atoms with Gasteiger partial charge in [0.1, 0.15) is 17.5 Å². The van der Waals surface area contributed by atoms with Gasteiger partial charge in [0.2, 0.25) is 0 Å². The van der Waals surface area contributed by atoms with Crippen molar-refractivity contribution in [2.75, 3.05) is 0 Å². The first-order valence-electron chi connectivity index (χ1n) is 5.54. The SMILES string of the molecule is N#CC(C(=O)c1c(F)cc(F)cc1F)c1ccccn1. The van der Waals surface area contributed by atoms with Crippen LogP contribution < -0.4 is 0 Å². The maximum atomic E-state index is 13.5. The lowest BCUT2D eigenvalue weighted by Gasteiger charge is -2.09. The molecular formula is C14H7F3N2O. The van der Waals surface area contributed by atoms with Crippen LogP contribution >= 0.6 is 0 Å². The molecule has 0 radical (unpaired) electrons. The number of carbonyl (C=O) groups is 1. The van der Waals surface area contributed by atoms with Gasteiger partial charge in [0.05, 0.1) is 17.3 Å². The molecule has 1 unspecified atom stereocenters. The van der Waals surface area contributed by atoms with Gasteiger partial charge in [-0.2, -0.15) is 5.26 Å². The van der Waals surface area contributed by atoms with Crippen molar-refractivity contribution < 1.29 is 18.0 Å². The highest BCUT2D eigenvalue weighted by Crippen LogP contribution is 2.23. The molecule has 1 aromatic heterocycles. The summed E-state index contributed by atoms with van der Waals surface area (Å²) >= 11 is 0. The lowest BCUT2D eigenvalue weighted by Crippen LogP contribution is -2.16. The first-order chi connectivity index (χ1) is 9.54. The van der Waals surface area contributed by atoms with Gasteiger partial charge >= 0.3 is 0 Å². The Kier molecular flexibility index (Phi) is 3.80.